The average Bonchev–Trinajstić information content (AvgIpc) is 2.45. The highest BCUT2D eigenvalue weighted by molar-refractivity contribution is 5.66. The van der Waals surface area contributed by atoms with E-state index in [1.165, 1.54) is 0 Å². The van der Waals surface area contributed by atoms with E-state index in [0.717, 1.165) is 22.3 Å². The normalized spacial score (nSPS) is 10.2. The van der Waals surface area contributed by atoms with Crippen LogP contribution < -0.4 is 5.73 Å². The second-order valence-electron chi connectivity index (χ2n) is 4.17. The molecule has 0 atom stereocenters. The van der Waals surface area contributed by atoms with Gasteiger partial charge < -0.3 is 15.6 Å². The number of benzene rings is 2. The van der Waals surface area contributed by atoms with Crippen LogP contribution in [0.3, 0.4) is 0 Å². The van der Waals surface area contributed by atoms with Crippen LogP contribution in [0.25, 0.3) is 11.1 Å². The Kier molecular flexibility index (Phi) is 4.15. The molecule has 0 saturated heterocycles. The molecule has 0 fully saturated rings. The first-order valence-corrected chi connectivity index (χ1v) is 5.90. The number of rotatable bonds is 4. The van der Waals surface area contributed by atoms with Crippen molar-refractivity contribution < 1.29 is 14.6 Å². The maximum Gasteiger partial charge on any atom is 0.404 e. The predicted octanol–water partition coefficient (Wildman–Crippen LogP) is 2.44. The lowest BCUT2D eigenvalue weighted by atomic mass is 10.0. The molecule has 2 aromatic rings. The minimum Gasteiger partial charge on any atom is -0.445 e. The van der Waals surface area contributed by atoms with Gasteiger partial charge in [0.1, 0.15) is 6.61 Å². The lowest BCUT2D eigenvalue weighted by molar-refractivity contribution is 0.150. The number of primary amides is 1. The molecule has 0 aliphatic carbocycles. The molecule has 0 aliphatic heterocycles. The van der Waals surface area contributed by atoms with E-state index in [9.17, 15) is 4.79 Å². The van der Waals surface area contributed by atoms with Crippen molar-refractivity contribution in [3.05, 3.63) is 59.7 Å². The second-order valence-corrected chi connectivity index (χ2v) is 4.17. The maximum atomic E-state index is 10.6. The molecule has 2 rings (SSSR count). The van der Waals surface area contributed by atoms with Crippen molar-refractivity contribution in [2.45, 2.75) is 13.2 Å². The van der Waals surface area contributed by atoms with Gasteiger partial charge in [-0.25, -0.2) is 4.79 Å². The summed E-state index contributed by atoms with van der Waals surface area (Å²) >= 11 is 0. The molecule has 0 aromatic heterocycles. The molecule has 1 amide bonds. The van der Waals surface area contributed by atoms with Crippen LogP contribution in [0.1, 0.15) is 11.1 Å². The van der Waals surface area contributed by atoms with Crippen LogP contribution in [-0.2, 0) is 18.0 Å². The standard InChI is InChI=1S/C15H15NO3/c16-15(18)19-10-12-4-2-6-14(8-12)13-5-1-3-11(7-13)9-17/h1-8,17H,9-10H2,(H2,16,18). The predicted molar refractivity (Wildman–Crippen MR) is 72.2 cm³/mol. The number of nitrogens with two attached hydrogens (primary N) is 1. The number of ether oxygens (including phenoxy) is 1. The highest BCUT2D eigenvalue weighted by Crippen LogP contribution is 2.22. The Labute approximate surface area is 111 Å². The minimum absolute atomic E-state index is 0.0122. The maximum absolute atomic E-state index is 10.6. The zero-order valence-corrected chi connectivity index (χ0v) is 10.4. The van der Waals surface area contributed by atoms with Gasteiger partial charge in [-0.2, -0.15) is 0 Å². The summed E-state index contributed by atoms with van der Waals surface area (Å²) in [5.41, 5.74) is 8.67. The van der Waals surface area contributed by atoms with Crippen LogP contribution in [0.15, 0.2) is 48.5 Å². The Morgan fingerprint density at radius 2 is 1.63 bits per heavy atom. The van der Waals surface area contributed by atoms with Crippen LogP contribution >= 0.6 is 0 Å². The van der Waals surface area contributed by atoms with Crippen molar-refractivity contribution in [2.75, 3.05) is 0 Å². The van der Waals surface area contributed by atoms with Crippen LogP contribution in [0.2, 0.25) is 0 Å². The van der Waals surface area contributed by atoms with Gasteiger partial charge in [-0.1, -0.05) is 36.4 Å². The van der Waals surface area contributed by atoms with Crippen LogP contribution in [0.5, 0.6) is 0 Å². The van der Waals surface area contributed by atoms with E-state index >= 15 is 0 Å². The van der Waals surface area contributed by atoms with Crippen molar-refractivity contribution in [2.24, 2.45) is 5.73 Å². The highest BCUT2D eigenvalue weighted by atomic mass is 16.5. The van der Waals surface area contributed by atoms with Crippen molar-refractivity contribution in [3.8, 4) is 11.1 Å². The molecule has 3 N–H and O–H groups in total. The number of carbonyl (C=O) groups is 1. The van der Waals surface area contributed by atoms with Gasteiger partial charge in [-0.05, 0) is 34.4 Å². The third-order valence-electron chi connectivity index (χ3n) is 2.75. The van der Waals surface area contributed by atoms with Crippen molar-refractivity contribution in [1.82, 2.24) is 0 Å². The smallest absolute Gasteiger partial charge is 0.404 e. The summed E-state index contributed by atoms with van der Waals surface area (Å²) in [7, 11) is 0. The Morgan fingerprint density at radius 1 is 1.05 bits per heavy atom. The van der Waals surface area contributed by atoms with Crippen LogP contribution in [0.4, 0.5) is 4.79 Å². The number of hydrogen-bond donors (Lipinski definition) is 2. The molecule has 0 aliphatic rings. The molecule has 0 heterocycles. The largest absolute Gasteiger partial charge is 0.445 e. The number of carbonyl (C=O) groups excluding carboxylic acids is 1. The summed E-state index contributed by atoms with van der Waals surface area (Å²) in [6, 6.07) is 15.3. The molecule has 19 heavy (non-hydrogen) atoms. The molecule has 0 unspecified atom stereocenters. The van der Waals surface area contributed by atoms with E-state index in [-0.39, 0.29) is 13.2 Å². The Morgan fingerprint density at radius 3 is 2.21 bits per heavy atom. The topological polar surface area (TPSA) is 72.6 Å². The lowest BCUT2D eigenvalue weighted by Gasteiger charge is -2.07. The fraction of sp³-hybridized carbons (Fsp3) is 0.133. The first-order valence-electron chi connectivity index (χ1n) is 5.90. The molecular formula is C15H15NO3. The fourth-order valence-corrected chi connectivity index (χ4v) is 1.84. The van der Waals surface area contributed by atoms with Gasteiger partial charge in [-0.3, -0.25) is 0 Å². The van der Waals surface area contributed by atoms with Gasteiger partial charge in [0.25, 0.3) is 0 Å². The monoisotopic (exact) mass is 257 g/mol. The van der Waals surface area contributed by atoms with Crippen LogP contribution in [0, 0.1) is 0 Å². The van der Waals surface area contributed by atoms with E-state index in [1.54, 1.807) is 0 Å². The summed E-state index contributed by atoms with van der Waals surface area (Å²) in [6.45, 7) is 0.168. The number of hydrogen-bond acceptors (Lipinski definition) is 3. The molecule has 0 radical (unpaired) electrons. The molecule has 0 spiro atoms. The molecule has 98 valence electrons. The molecular weight excluding hydrogens is 242 g/mol. The molecule has 4 nitrogen and oxygen atoms in total. The third-order valence-corrected chi connectivity index (χ3v) is 2.75. The van der Waals surface area contributed by atoms with Gasteiger partial charge in [0.05, 0.1) is 6.61 Å². The third kappa shape index (κ3) is 3.56. The van der Waals surface area contributed by atoms with Gasteiger partial charge in [0.15, 0.2) is 0 Å². The van der Waals surface area contributed by atoms with Crippen molar-refractivity contribution >= 4 is 6.09 Å². The van der Waals surface area contributed by atoms with E-state index in [4.69, 9.17) is 15.6 Å². The summed E-state index contributed by atoms with van der Waals surface area (Å²) in [5.74, 6) is 0. The first-order chi connectivity index (χ1) is 9.19. The zero-order chi connectivity index (χ0) is 13.7. The zero-order valence-electron chi connectivity index (χ0n) is 10.4. The molecule has 0 saturated carbocycles. The number of aliphatic hydroxyl groups is 1. The Balaban J connectivity index is 2.24. The fourth-order valence-electron chi connectivity index (χ4n) is 1.84. The van der Waals surface area contributed by atoms with Crippen LogP contribution in [-0.4, -0.2) is 11.2 Å². The molecule has 0 bridgehead atoms. The van der Waals surface area contributed by atoms with Gasteiger partial charge in [0.2, 0.25) is 0 Å². The van der Waals surface area contributed by atoms with Gasteiger partial charge >= 0.3 is 6.09 Å². The van der Waals surface area contributed by atoms with E-state index in [2.05, 4.69) is 0 Å². The van der Waals surface area contributed by atoms with Gasteiger partial charge in [0, 0.05) is 0 Å². The summed E-state index contributed by atoms with van der Waals surface area (Å²) in [4.78, 5) is 10.6. The summed E-state index contributed by atoms with van der Waals surface area (Å²) in [6.07, 6.45) is -0.785. The van der Waals surface area contributed by atoms with E-state index < -0.39 is 6.09 Å². The Bertz CT molecular complexity index is 581. The summed E-state index contributed by atoms with van der Waals surface area (Å²) in [5, 5.41) is 9.14. The van der Waals surface area contributed by atoms with E-state index in [1.807, 2.05) is 48.5 Å². The first kappa shape index (κ1) is 13.1. The quantitative estimate of drug-likeness (QED) is 0.883. The van der Waals surface area contributed by atoms with Gasteiger partial charge in [-0.15, -0.1) is 0 Å². The molecule has 2 aromatic carbocycles. The second kappa shape index (κ2) is 6.02. The lowest BCUT2D eigenvalue weighted by Crippen LogP contribution is -2.12. The number of amides is 1. The highest BCUT2D eigenvalue weighted by Gasteiger charge is 2.02. The number of aliphatic hydroxyl groups excluding tert-OH is 1. The summed E-state index contributed by atoms with van der Waals surface area (Å²) < 4.78 is 4.76. The van der Waals surface area contributed by atoms with Crippen molar-refractivity contribution in [3.63, 3.8) is 0 Å². The van der Waals surface area contributed by atoms with E-state index in [0.29, 0.717) is 0 Å². The minimum atomic E-state index is -0.785. The Hall–Kier alpha value is -2.33. The van der Waals surface area contributed by atoms with Crippen molar-refractivity contribution in [1.29, 1.82) is 0 Å². The molecule has 4 heteroatoms. The average molecular weight is 257 g/mol. The SMILES string of the molecule is NC(=O)OCc1cccc(-c2cccc(CO)c2)c1.